The van der Waals surface area contributed by atoms with Crippen LogP contribution in [0.1, 0.15) is 11.3 Å². The summed E-state index contributed by atoms with van der Waals surface area (Å²) in [4.78, 5) is 30.1. The lowest BCUT2D eigenvalue weighted by Gasteiger charge is -2.12. The number of furan rings is 1. The first-order chi connectivity index (χ1) is 14.5. The third kappa shape index (κ3) is 4.58. The standard InChI is InChI=1S/C22H18ClN3O3S/c1-14-4-2-5-16(10-14)24-20(27)13-30-22-25-19-11-15(23)7-8-18(19)21(28)26(22)12-17-6-3-9-29-17/h2-11H,12-13H2,1H3,(H,24,27). The van der Waals surface area contributed by atoms with E-state index in [1.165, 1.54) is 16.3 Å². The number of carbonyl (C=O) groups excluding carboxylic acids is 1. The van der Waals surface area contributed by atoms with Gasteiger partial charge < -0.3 is 9.73 Å². The Morgan fingerprint density at radius 3 is 2.83 bits per heavy atom. The summed E-state index contributed by atoms with van der Waals surface area (Å²) in [6.07, 6.45) is 1.55. The van der Waals surface area contributed by atoms with Gasteiger partial charge in [0.05, 0.1) is 29.5 Å². The molecule has 0 bridgehead atoms. The Hall–Kier alpha value is -3.03. The van der Waals surface area contributed by atoms with E-state index in [0.717, 1.165) is 11.3 Å². The number of thioether (sulfide) groups is 1. The summed E-state index contributed by atoms with van der Waals surface area (Å²) in [6.45, 7) is 2.18. The molecule has 30 heavy (non-hydrogen) atoms. The number of aromatic nitrogens is 2. The van der Waals surface area contributed by atoms with Crippen molar-refractivity contribution in [2.45, 2.75) is 18.6 Å². The molecular formula is C22H18ClN3O3S. The van der Waals surface area contributed by atoms with Crippen LogP contribution in [0.15, 0.2) is 75.2 Å². The first-order valence-electron chi connectivity index (χ1n) is 9.21. The molecule has 0 radical (unpaired) electrons. The molecule has 0 saturated heterocycles. The molecular weight excluding hydrogens is 422 g/mol. The zero-order valence-electron chi connectivity index (χ0n) is 16.1. The average Bonchev–Trinajstić information content (AvgIpc) is 3.22. The van der Waals surface area contributed by atoms with Crippen molar-refractivity contribution in [2.24, 2.45) is 0 Å². The van der Waals surface area contributed by atoms with E-state index in [-0.39, 0.29) is 23.8 Å². The Morgan fingerprint density at radius 1 is 1.20 bits per heavy atom. The monoisotopic (exact) mass is 439 g/mol. The van der Waals surface area contributed by atoms with Gasteiger partial charge in [-0.05, 0) is 55.0 Å². The Balaban J connectivity index is 1.62. The maximum absolute atomic E-state index is 13.1. The highest BCUT2D eigenvalue weighted by Gasteiger charge is 2.15. The van der Waals surface area contributed by atoms with Gasteiger partial charge in [0.2, 0.25) is 5.91 Å². The summed E-state index contributed by atoms with van der Waals surface area (Å²) in [5.74, 6) is 0.541. The van der Waals surface area contributed by atoms with Gasteiger partial charge in [-0.2, -0.15) is 0 Å². The molecule has 0 atom stereocenters. The number of amides is 1. The van der Waals surface area contributed by atoms with E-state index in [9.17, 15) is 9.59 Å². The fourth-order valence-electron chi connectivity index (χ4n) is 3.03. The number of hydrogen-bond acceptors (Lipinski definition) is 5. The Kier molecular flexibility index (Phi) is 5.92. The van der Waals surface area contributed by atoms with E-state index in [1.807, 2.05) is 31.2 Å². The molecule has 0 unspecified atom stereocenters. The van der Waals surface area contributed by atoms with Crippen LogP contribution >= 0.6 is 23.4 Å². The number of fused-ring (bicyclic) bond motifs is 1. The van der Waals surface area contributed by atoms with Crippen molar-refractivity contribution >= 4 is 45.9 Å². The van der Waals surface area contributed by atoms with Crippen molar-refractivity contribution in [1.29, 1.82) is 0 Å². The molecule has 0 aliphatic heterocycles. The van der Waals surface area contributed by atoms with Gasteiger partial charge in [-0.25, -0.2) is 4.98 Å². The zero-order chi connectivity index (χ0) is 21.1. The molecule has 0 fully saturated rings. The van der Waals surface area contributed by atoms with Gasteiger partial charge in [0.25, 0.3) is 5.56 Å². The van der Waals surface area contributed by atoms with Crippen LogP contribution in [-0.2, 0) is 11.3 Å². The number of anilines is 1. The van der Waals surface area contributed by atoms with E-state index >= 15 is 0 Å². The molecule has 4 rings (SSSR count). The maximum atomic E-state index is 13.1. The number of nitrogens with zero attached hydrogens (tertiary/aromatic N) is 2. The molecule has 1 amide bonds. The number of benzene rings is 2. The molecule has 4 aromatic rings. The van der Waals surface area contributed by atoms with E-state index in [1.54, 1.807) is 36.6 Å². The third-order valence-corrected chi connectivity index (χ3v) is 5.62. The second kappa shape index (κ2) is 8.77. The molecule has 0 aliphatic carbocycles. The predicted molar refractivity (Wildman–Crippen MR) is 119 cm³/mol. The Morgan fingerprint density at radius 2 is 2.07 bits per heavy atom. The molecule has 0 aliphatic rings. The molecule has 2 aromatic heterocycles. The maximum Gasteiger partial charge on any atom is 0.262 e. The van der Waals surface area contributed by atoms with Crippen molar-refractivity contribution in [1.82, 2.24) is 9.55 Å². The van der Waals surface area contributed by atoms with Crippen molar-refractivity contribution in [2.75, 3.05) is 11.1 Å². The van der Waals surface area contributed by atoms with Gasteiger partial charge in [-0.1, -0.05) is 35.5 Å². The Labute approximate surface area is 181 Å². The fourth-order valence-corrected chi connectivity index (χ4v) is 4.00. The van der Waals surface area contributed by atoms with Gasteiger partial charge in [-0.3, -0.25) is 14.2 Å². The summed E-state index contributed by atoms with van der Waals surface area (Å²) in [5.41, 5.74) is 2.06. The molecule has 2 heterocycles. The summed E-state index contributed by atoms with van der Waals surface area (Å²) < 4.78 is 6.91. The highest BCUT2D eigenvalue weighted by Crippen LogP contribution is 2.22. The second-order valence-corrected chi connectivity index (χ2v) is 8.11. The van der Waals surface area contributed by atoms with Gasteiger partial charge in [0.1, 0.15) is 5.76 Å². The minimum atomic E-state index is -0.213. The number of rotatable bonds is 6. The number of nitrogens with one attached hydrogen (secondary N) is 1. The quantitative estimate of drug-likeness (QED) is 0.347. The van der Waals surface area contributed by atoms with Crippen LogP contribution in [0.4, 0.5) is 5.69 Å². The van der Waals surface area contributed by atoms with Gasteiger partial charge in [0, 0.05) is 10.7 Å². The van der Waals surface area contributed by atoms with Gasteiger partial charge >= 0.3 is 0 Å². The van der Waals surface area contributed by atoms with E-state index < -0.39 is 0 Å². The molecule has 0 spiro atoms. The third-order valence-electron chi connectivity index (χ3n) is 4.41. The van der Waals surface area contributed by atoms with Crippen LogP contribution in [0.25, 0.3) is 10.9 Å². The summed E-state index contributed by atoms with van der Waals surface area (Å²) in [5, 5.41) is 4.24. The number of halogens is 1. The van der Waals surface area contributed by atoms with Crippen LogP contribution in [0.2, 0.25) is 5.02 Å². The van der Waals surface area contributed by atoms with Crippen LogP contribution in [-0.4, -0.2) is 21.2 Å². The average molecular weight is 440 g/mol. The fraction of sp³-hybridized carbons (Fsp3) is 0.136. The molecule has 6 nitrogen and oxygen atoms in total. The molecule has 0 saturated carbocycles. The summed E-state index contributed by atoms with van der Waals surface area (Å²) in [6, 6.07) is 16.1. The Bertz CT molecular complexity index is 1270. The highest BCUT2D eigenvalue weighted by molar-refractivity contribution is 7.99. The summed E-state index contributed by atoms with van der Waals surface area (Å²) >= 11 is 7.26. The molecule has 8 heteroatoms. The molecule has 2 aromatic carbocycles. The van der Waals surface area contributed by atoms with Crippen molar-refractivity contribution in [3.05, 3.63) is 87.6 Å². The minimum Gasteiger partial charge on any atom is -0.467 e. The summed E-state index contributed by atoms with van der Waals surface area (Å²) in [7, 11) is 0. The second-order valence-electron chi connectivity index (χ2n) is 6.73. The predicted octanol–water partition coefficient (Wildman–Crippen LogP) is 4.73. The lowest BCUT2D eigenvalue weighted by atomic mass is 10.2. The molecule has 152 valence electrons. The number of carbonyl (C=O) groups is 1. The van der Waals surface area contributed by atoms with E-state index in [0.29, 0.717) is 26.8 Å². The van der Waals surface area contributed by atoms with Crippen molar-refractivity contribution in [3.8, 4) is 0 Å². The highest BCUT2D eigenvalue weighted by atomic mass is 35.5. The smallest absolute Gasteiger partial charge is 0.262 e. The number of hydrogen-bond donors (Lipinski definition) is 1. The largest absolute Gasteiger partial charge is 0.467 e. The lowest BCUT2D eigenvalue weighted by molar-refractivity contribution is -0.113. The molecule has 1 N–H and O–H groups in total. The van der Waals surface area contributed by atoms with Crippen LogP contribution in [0.3, 0.4) is 0 Å². The minimum absolute atomic E-state index is 0.102. The van der Waals surface area contributed by atoms with Gasteiger partial charge in [0.15, 0.2) is 5.16 Å². The van der Waals surface area contributed by atoms with Crippen molar-refractivity contribution in [3.63, 3.8) is 0 Å². The van der Waals surface area contributed by atoms with E-state index in [4.69, 9.17) is 16.0 Å². The van der Waals surface area contributed by atoms with Crippen LogP contribution in [0.5, 0.6) is 0 Å². The topological polar surface area (TPSA) is 77.1 Å². The first-order valence-corrected chi connectivity index (χ1v) is 10.6. The lowest BCUT2D eigenvalue weighted by Crippen LogP contribution is -2.24. The normalized spacial score (nSPS) is 11.0. The number of aryl methyl sites for hydroxylation is 1. The van der Waals surface area contributed by atoms with Gasteiger partial charge in [-0.15, -0.1) is 0 Å². The SMILES string of the molecule is Cc1cccc(NC(=O)CSc2nc3cc(Cl)ccc3c(=O)n2Cc2ccco2)c1. The van der Waals surface area contributed by atoms with Crippen LogP contribution in [0, 0.1) is 6.92 Å². The zero-order valence-corrected chi connectivity index (χ0v) is 17.7. The van der Waals surface area contributed by atoms with Crippen molar-refractivity contribution < 1.29 is 9.21 Å². The first kappa shape index (κ1) is 20.3. The van der Waals surface area contributed by atoms with Crippen LogP contribution < -0.4 is 10.9 Å². The van der Waals surface area contributed by atoms with E-state index in [2.05, 4.69) is 10.3 Å².